The molecule has 0 aromatic heterocycles. The summed E-state index contributed by atoms with van der Waals surface area (Å²) in [7, 11) is 0. The maximum absolute atomic E-state index is 13.3. The molecule has 0 radical (unpaired) electrons. The quantitative estimate of drug-likeness (QED) is 0.807. The summed E-state index contributed by atoms with van der Waals surface area (Å²) in [5.41, 5.74) is 3.55. The number of hydrogen-bond acceptors (Lipinski definition) is 2. The molecule has 130 valence electrons. The predicted molar refractivity (Wildman–Crippen MR) is 102 cm³/mol. The summed E-state index contributed by atoms with van der Waals surface area (Å²) in [6.07, 6.45) is 2.40. The lowest BCUT2D eigenvalue weighted by Gasteiger charge is -2.26. The van der Waals surface area contributed by atoms with Crippen molar-refractivity contribution in [2.75, 3.05) is 11.4 Å². The second kappa shape index (κ2) is 5.99. The molecular formula is C22H26N2O. The molecule has 0 bridgehead atoms. The summed E-state index contributed by atoms with van der Waals surface area (Å²) in [4.78, 5) is 17.7. The lowest BCUT2D eigenvalue weighted by Crippen LogP contribution is -2.35. The van der Waals surface area contributed by atoms with Gasteiger partial charge in [-0.2, -0.15) is 0 Å². The average Bonchev–Trinajstić information content (AvgIpc) is 3.14. The second-order valence-corrected chi connectivity index (χ2v) is 8.18. The van der Waals surface area contributed by atoms with Gasteiger partial charge in [-0.15, -0.1) is 0 Å². The van der Waals surface area contributed by atoms with Gasteiger partial charge in [0.15, 0.2) is 0 Å². The van der Waals surface area contributed by atoms with E-state index in [4.69, 9.17) is 0 Å². The first-order valence-corrected chi connectivity index (χ1v) is 9.21. The van der Waals surface area contributed by atoms with Gasteiger partial charge >= 0.3 is 0 Å². The number of benzene rings is 2. The Balaban J connectivity index is 1.69. The molecule has 0 spiro atoms. The summed E-state index contributed by atoms with van der Waals surface area (Å²) in [5, 5.41) is 0. The van der Waals surface area contributed by atoms with Crippen molar-refractivity contribution in [3.63, 3.8) is 0 Å². The highest BCUT2D eigenvalue weighted by molar-refractivity contribution is 6.00. The van der Waals surface area contributed by atoms with Crippen LogP contribution in [-0.2, 0) is 10.2 Å². The SMILES string of the molecule is CC(C)(C)c1ccc(N2C(=O)[C@@H](c3ccccc3)N3CCC[C@H]23)cc1. The number of hydrogen-bond donors (Lipinski definition) is 0. The highest BCUT2D eigenvalue weighted by Crippen LogP contribution is 2.42. The van der Waals surface area contributed by atoms with Crippen molar-refractivity contribution >= 4 is 11.6 Å². The van der Waals surface area contributed by atoms with Crippen LogP contribution in [0.1, 0.15) is 50.8 Å². The summed E-state index contributed by atoms with van der Waals surface area (Å²) in [6.45, 7) is 7.64. The molecule has 2 atom stereocenters. The highest BCUT2D eigenvalue weighted by Gasteiger charge is 2.49. The Labute approximate surface area is 150 Å². The van der Waals surface area contributed by atoms with Gasteiger partial charge in [-0.1, -0.05) is 63.2 Å². The smallest absolute Gasteiger partial charge is 0.250 e. The van der Waals surface area contributed by atoms with Crippen molar-refractivity contribution in [2.45, 2.75) is 51.2 Å². The van der Waals surface area contributed by atoms with Gasteiger partial charge in [0.2, 0.25) is 5.91 Å². The standard InChI is InChI=1S/C22H26N2O/c1-22(2,3)17-11-13-18(14-12-17)24-19-10-7-15-23(19)20(21(24)25)16-8-5-4-6-9-16/h4-6,8-9,11-14,19-20H,7,10,15H2,1-3H3/t19-,20+/m0/s1. The molecule has 2 aromatic carbocycles. The molecule has 2 heterocycles. The van der Waals surface area contributed by atoms with E-state index in [0.717, 1.165) is 30.6 Å². The molecule has 3 nitrogen and oxygen atoms in total. The zero-order valence-electron chi connectivity index (χ0n) is 15.3. The van der Waals surface area contributed by atoms with E-state index >= 15 is 0 Å². The van der Waals surface area contributed by atoms with Crippen LogP contribution in [0.25, 0.3) is 0 Å². The first kappa shape index (κ1) is 16.3. The van der Waals surface area contributed by atoms with Crippen molar-refractivity contribution in [2.24, 2.45) is 0 Å². The molecular weight excluding hydrogens is 308 g/mol. The zero-order valence-corrected chi connectivity index (χ0v) is 15.3. The topological polar surface area (TPSA) is 23.6 Å². The van der Waals surface area contributed by atoms with Gasteiger partial charge in [0.25, 0.3) is 0 Å². The van der Waals surface area contributed by atoms with Crippen LogP contribution in [-0.4, -0.2) is 23.5 Å². The van der Waals surface area contributed by atoms with Gasteiger partial charge in [-0.05, 0) is 41.5 Å². The Bertz CT molecular complexity index is 761. The molecule has 2 saturated heterocycles. The van der Waals surface area contributed by atoms with Crippen LogP contribution in [0.15, 0.2) is 54.6 Å². The van der Waals surface area contributed by atoms with Crippen LogP contribution in [0.4, 0.5) is 5.69 Å². The first-order chi connectivity index (χ1) is 12.0. The minimum absolute atomic E-state index is 0.125. The van der Waals surface area contributed by atoms with Gasteiger partial charge in [0.1, 0.15) is 6.04 Å². The molecule has 4 rings (SSSR count). The van der Waals surface area contributed by atoms with E-state index in [0.29, 0.717) is 0 Å². The van der Waals surface area contributed by atoms with E-state index in [1.807, 2.05) is 23.1 Å². The summed E-state index contributed by atoms with van der Waals surface area (Å²) < 4.78 is 0. The van der Waals surface area contributed by atoms with Crippen LogP contribution in [0.3, 0.4) is 0 Å². The average molecular weight is 334 g/mol. The third-order valence-electron chi connectivity index (χ3n) is 5.49. The van der Waals surface area contributed by atoms with E-state index in [-0.39, 0.29) is 23.5 Å². The van der Waals surface area contributed by atoms with E-state index in [1.54, 1.807) is 0 Å². The second-order valence-electron chi connectivity index (χ2n) is 8.18. The number of fused-ring (bicyclic) bond motifs is 1. The Morgan fingerprint density at radius 2 is 1.64 bits per heavy atom. The molecule has 2 aromatic rings. The highest BCUT2D eigenvalue weighted by atomic mass is 16.2. The third-order valence-corrected chi connectivity index (χ3v) is 5.49. The molecule has 0 N–H and O–H groups in total. The normalized spacial score (nSPS) is 24.0. The molecule has 2 fully saturated rings. The Morgan fingerprint density at radius 1 is 0.960 bits per heavy atom. The number of carbonyl (C=O) groups excluding carboxylic acids is 1. The van der Waals surface area contributed by atoms with Crippen LogP contribution >= 0.6 is 0 Å². The molecule has 0 unspecified atom stereocenters. The van der Waals surface area contributed by atoms with Crippen LogP contribution < -0.4 is 4.90 Å². The van der Waals surface area contributed by atoms with Crippen molar-refractivity contribution in [1.82, 2.24) is 4.90 Å². The Kier molecular flexibility index (Phi) is 3.92. The fourth-order valence-electron chi connectivity index (χ4n) is 4.16. The van der Waals surface area contributed by atoms with Crippen molar-refractivity contribution in [3.8, 4) is 0 Å². The number of amides is 1. The Morgan fingerprint density at radius 3 is 2.28 bits per heavy atom. The van der Waals surface area contributed by atoms with Crippen LogP contribution in [0, 0.1) is 0 Å². The van der Waals surface area contributed by atoms with Crippen molar-refractivity contribution < 1.29 is 4.79 Å². The number of rotatable bonds is 2. The van der Waals surface area contributed by atoms with E-state index in [1.165, 1.54) is 5.56 Å². The number of anilines is 1. The van der Waals surface area contributed by atoms with Gasteiger partial charge in [-0.3, -0.25) is 14.6 Å². The summed E-state index contributed by atoms with van der Waals surface area (Å²) >= 11 is 0. The maximum Gasteiger partial charge on any atom is 0.250 e. The fourth-order valence-corrected chi connectivity index (χ4v) is 4.16. The maximum atomic E-state index is 13.3. The molecule has 3 heteroatoms. The van der Waals surface area contributed by atoms with E-state index in [2.05, 4.69) is 62.1 Å². The lowest BCUT2D eigenvalue weighted by molar-refractivity contribution is -0.119. The van der Waals surface area contributed by atoms with Crippen molar-refractivity contribution in [3.05, 3.63) is 65.7 Å². The molecule has 25 heavy (non-hydrogen) atoms. The van der Waals surface area contributed by atoms with Crippen molar-refractivity contribution in [1.29, 1.82) is 0 Å². The summed E-state index contributed by atoms with van der Waals surface area (Å²) in [6, 6.07) is 18.6. The van der Waals surface area contributed by atoms with E-state index in [9.17, 15) is 4.79 Å². The van der Waals surface area contributed by atoms with Gasteiger partial charge in [0, 0.05) is 12.2 Å². The predicted octanol–water partition coefficient (Wildman–Crippen LogP) is 4.49. The van der Waals surface area contributed by atoms with Gasteiger partial charge < -0.3 is 0 Å². The van der Waals surface area contributed by atoms with Crippen LogP contribution in [0.5, 0.6) is 0 Å². The summed E-state index contributed by atoms with van der Waals surface area (Å²) in [5.74, 6) is 0.208. The minimum atomic E-state index is -0.143. The minimum Gasteiger partial charge on any atom is -0.294 e. The first-order valence-electron chi connectivity index (χ1n) is 9.21. The molecule has 2 aliphatic rings. The monoisotopic (exact) mass is 334 g/mol. The third kappa shape index (κ3) is 2.77. The molecule has 0 aliphatic carbocycles. The Hall–Kier alpha value is -2.13. The molecule has 2 aliphatic heterocycles. The van der Waals surface area contributed by atoms with Gasteiger partial charge in [0.05, 0.1) is 6.17 Å². The zero-order chi connectivity index (χ0) is 17.6. The molecule has 0 saturated carbocycles. The van der Waals surface area contributed by atoms with Crippen LogP contribution in [0.2, 0.25) is 0 Å². The molecule has 1 amide bonds. The number of carbonyl (C=O) groups is 1. The fraction of sp³-hybridized carbons (Fsp3) is 0.409. The van der Waals surface area contributed by atoms with E-state index < -0.39 is 0 Å². The largest absolute Gasteiger partial charge is 0.294 e. The lowest BCUT2D eigenvalue weighted by atomic mass is 9.87. The number of nitrogens with zero attached hydrogens (tertiary/aromatic N) is 2. The van der Waals surface area contributed by atoms with Gasteiger partial charge in [-0.25, -0.2) is 0 Å².